The molecule has 0 saturated carbocycles. The van der Waals surface area contributed by atoms with Crippen molar-refractivity contribution in [2.45, 2.75) is 26.9 Å². The maximum Gasteiger partial charge on any atom is 0.323 e. The van der Waals surface area contributed by atoms with E-state index in [4.69, 9.17) is 14.6 Å². The predicted octanol–water partition coefficient (Wildman–Crippen LogP) is 3.76. The van der Waals surface area contributed by atoms with E-state index in [1.807, 2.05) is 20.8 Å². The van der Waals surface area contributed by atoms with Crippen LogP contribution < -0.4 is 9.47 Å². The number of hydrogen-bond donors (Lipinski definition) is 1. The Hall–Kier alpha value is -2.00. The topological polar surface area (TPSA) is 93.1 Å². The van der Waals surface area contributed by atoms with Crippen molar-refractivity contribution in [2.24, 2.45) is 0 Å². The molecular weight excluding hydrogens is 426 g/mol. The van der Waals surface area contributed by atoms with Gasteiger partial charge in [-0.2, -0.15) is 0 Å². The summed E-state index contributed by atoms with van der Waals surface area (Å²) in [6.07, 6.45) is 1.48. The van der Waals surface area contributed by atoms with Crippen LogP contribution in [0.3, 0.4) is 0 Å². The second-order valence-electron chi connectivity index (χ2n) is 5.59. The van der Waals surface area contributed by atoms with Crippen molar-refractivity contribution < 1.29 is 29.0 Å². The zero-order chi connectivity index (χ0) is 19.4. The highest BCUT2D eigenvalue weighted by atomic mass is 79.9. The molecule has 1 aliphatic rings. The lowest BCUT2D eigenvalue weighted by Crippen LogP contribution is -2.33. The van der Waals surface area contributed by atoms with Crippen molar-refractivity contribution in [3.05, 3.63) is 27.1 Å². The summed E-state index contributed by atoms with van der Waals surface area (Å²) >= 11 is 4.14. The average Bonchev–Trinajstić information content (AvgIpc) is 2.78. The highest BCUT2D eigenvalue weighted by molar-refractivity contribution is 9.10. The number of rotatable bonds is 7. The first kappa shape index (κ1) is 20.3. The Morgan fingerprint density at radius 2 is 2.08 bits per heavy atom. The average molecular weight is 444 g/mol. The number of carbonyl (C=O) groups excluding carboxylic acids is 2. The van der Waals surface area contributed by atoms with Gasteiger partial charge in [-0.25, -0.2) is 0 Å². The summed E-state index contributed by atoms with van der Waals surface area (Å²) in [6.45, 7) is 5.41. The third-order valence-corrected chi connectivity index (χ3v) is 4.65. The smallest absolute Gasteiger partial charge is 0.323 e. The van der Waals surface area contributed by atoms with Crippen molar-refractivity contribution in [1.29, 1.82) is 0 Å². The van der Waals surface area contributed by atoms with Crippen LogP contribution >= 0.6 is 27.7 Å². The molecule has 2 rings (SSSR count). The van der Waals surface area contributed by atoms with E-state index in [9.17, 15) is 14.4 Å². The molecule has 0 spiro atoms. The van der Waals surface area contributed by atoms with E-state index < -0.39 is 23.7 Å². The number of benzene rings is 1. The highest BCUT2D eigenvalue weighted by Crippen LogP contribution is 2.39. The molecule has 9 heteroatoms. The minimum absolute atomic E-state index is 0.0520. The number of carboxylic acids is 1. The van der Waals surface area contributed by atoms with Crippen molar-refractivity contribution >= 4 is 50.9 Å². The van der Waals surface area contributed by atoms with Gasteiger partial charge in [-0.3, -0.25) is 19.3 Å². The number of amides is 2. The number of carbonyl (C=O) groups is 3. The first-order valence-electron chi connectivity index (χ1n) is 7.83. The van der Waals surface area contributed by atoms with E-state index in [0.29, 0.717) is 44.8 Å². The molecule has 1 fully saturated rings. The van der Waals surface area contributed by atoms with Crippen LogP contribution in [-0.2, 0) is 9.59 Å². The molecule has 1 aromatic rings. The molecule has 1 N–H and O–H groups in total. The molecule has 0 radical (unpaired) electrons. The van der Waals surface area contributed by atoms with Crippen LogP contribution in [-0.4, -0.2) is 46.4 Å². The number of aliphatic carboxylic acids is 1. The van der Waals surface area contributed by atoms with E-state index in [1.54, 1.807) is 12.1 Å². The number of halogens is 1. The molecule has 26 heavy (non-hydrogen) atoms. The third kappa shape index (κ3) is 4.79. The third-order valence-electron chi connectivity index (χ3n) is 3.15. The summed E-state index contributed by atoms with van der Waals surface area (Å²) < 4.78 is 12.0. The Morgan fingerprint density at radius 3 is 2.65 bits per heavy atom. The molecule has 1 heterocycles. The molecule has 7 nitrogen and oxygen atoms in total. The number of nitrogens with zero attached hydrogens (tertiary/aromatic N) is 1. The van der Waals surface area contributed by atoms with Gasteiger partial charge in [0.2, 0.25) is 0 Å². The molecule has 1 aliphatic heterocycles. The Bertz CT molecular complexity index is 777. The molecule has 0 atom stereocenters. The fourth-order valence-corrected chi connectivity index (χ4v) is 3.60. The lowest BCUT2D eigenvalue weighted by Gasteiger charge is -2.17. The number of carboxylic acid groups (broad SMARTS) is 1. The fourth-order valence-electron chi connectivity index (χ4n) is 2.21. The summed E-state index contributed by atoms with van der Waals surface area (Å²) in [7, 11) is 0. The lowest BCUT2D eigenvalue weighted by molar-refractivity contribution is -0.140. The van der Waals surface area contributed by atoms with Crippen LogP contribution in [0.4, 0.5) is 4.79 Å². The number of imide groups is 1. The van der Waals surface area contributed by atoms with E-state index in [2.05, 4.69) is 15.9 Å². The first-order chi connectivity index (χ1) is 12.2. The number of thioether (sulfide) groups is 1. The summed E-state index contributed by atoms with van der Waals surface area (Å²) in [5.74, 6) is -0.811. The standard InChI is InChI=1S/C17H18BrNO6S/c1-4-24-12-6-10(5-11(18)15(12)25-9(2)3)7-13-16(22)19(8-14(20)21)17(23)26-13/h5-7,9H,4,8H2,1-3H3,(H,20,21)/b13-7+. The van der Waals surface area contributed by atoms with Crippen LogP contribution in [0.5, 0.6) is 11.5 Å². The van der Waals surface area contributed by atoms with Gasteiger partial charge in [0, 0.05) is 0 Å². The zero-order valence-corrected chi connectivity index (χ0v) is 16.8. The summed E-state index contributed by atoms with van der Waals surface area (Å²) in [5.41, 5.74) is 0.622. The molecule has 0 aromatic heterocycles. The SMILES string of the molecule is CCOc1cc(/C=C2/SC(=O)N(CC(=O)O)C2=O)cc(Br)c1OC(C)C. The number of hydrogen-bond acceptors (Lipinski definition) is 6. The largest absolute Gasteiger partial charge is 0.490 e. The quantitative estimate of drug-likeness (QED) is 0.641. The minimum atomic E-state index is -1.25. The van der Waals surface area contributed by atoms with Gasteiger partial charge in [0.25, 0.3) is 11.1 Å². The van der Waals surface area contributed by atoms with Crippen molar-refractivity contribution in [3.63, 3.8) is 0 Å². The summed E-state index contributed by atoms with van der Waals surface area (Å²) in [4.78, 5) is 35.7. The number of ether oxygens (including phenoxy) is 2. The fraction of sp³-hybridized carbons (Fsp3) is 0.353. The molecule has 2 amide bonds. The van der Waals surface area contributed by atoms with Crippen molar-refractivity contribution in [1.82, 2.24) is 4.90 Å². The monoisotopic (exact) mass is 443 g/mol. The molecule has 0 unspecified atom stereocenters. The maximum atomic E-state index is 12.2. The lowest BCUT2D eigenvalue weighted by atomic mass is 10.1. The van der Waals surface area contributed by atoms with E-state index in [-0.39, 0.29) is 11.0 Å². The van der Waals surface area contributed by atoms with Gasteiger partial charge in [-0.15, -0.1) is 0 Å². The normalized spacial score (nSPS) is 15.9. The van der Waals surface area contributed by atoms with Crippen LogP contribution in [0.2, 0.25) is 0 Å². The van der Waals surface area contributed by atoms with E-state index in [0.717, 1.165) is 0 Å². The van der Waals surface area contributed by atoms with Gasteiger partial charge in [0.1, 0.15) is 6.54 Å². The first-order valence-corrected chi connectivity index (χ1v) is 9.44. The van der Waals surface area contributed by atoms with Gasteiger partial charge in [0.15, 0.2) is 11.5 Å². The molecule has 0 bridgehead atoms. The Kier molecular flexibility index (Phi) is 6.71. The van der Waals surface area contributed by atoms with Crippen molar-refractivity contribution in [3.8, 4) is 11.5 Å². The second kappa shape index (κ2) is 8.59. The van der Waals surface area contributed by atoms with E-state index >= 15 is 0 Å². The molecule has 0 aliphatic carbocycles. The predicted molar refractivity (Wildman–Crippen MR) is 101 cm³/mol. The summed E-state index contributed by atoms with van der Waals surface area (Å²) in [5, 5.41) is 8.20. The Balaban J connectivity index is 2.37. The van der Waals surface area contributed by atoms with Gasteiger partial charge in [0.05, 0.1) is 22.1 Å². The molecular formula is C17H18BrNO6S. The second-order valence-corrected chi connectivity index (χ2v) is 7.44. The van der Waals surface area contributed by atoms with Crippen LogP contribution in [0.25, 0.3) is 6.08 Å². The molecule has 1 aromatic carbocycles. The van der Waals surface area contributed by atoms with E-state index in [1.165, 1.54) is 6.08 Å². The van der Waals surface area contributed by atoms with Gasteiger partial charge >= 0.3 is 5.97 Å². The maximum absolute atomic E-state index is 12.2. The Morgan fingerprint density at radius 1 is 1.38 bits per heavy atom. The van der Waals surface area contributed by atoms with Crippen molar-refractivity contribution in [2.75, 3.05) is 13.2 Å². The van der Waals surface area contributed by atoms with Crippen LogP contribution in [0, 0.1) is 0 Å². The van der Waals surface area contributed by atoms with Gasteiger partial charge < -0.3 is 14.6 Å². The molecule has 1 saturated heterocycles. The molecule has 140 valence electrons. The zero-order valence-electron chi connectivity index (χ0n) is 14.4. The highest BCUT2D eigenvalue weighted by Gasteiger charge is 2.36. The van der Waals surface area contributed by atoms with Gasteiger partial charge in [-0.05, 0) is 72.2 Å². The van der Waals surface area contributed by atoms with Crippen LogP contribution in [0.1, 0.15) is 26.3 Å². The van der Waals surface area contributed by atoms with Crippen LogP contribution in [0.15, 0.2) is 21.5 Å². The van der Waals surface area contributed by atoms with Gasteiger partial charge in [-0.1, -0.05) is 0 Å². The minimum Gasteiger partial charge on any atom is -0.490 e. The summed E-state index contributed by atoms with van der Waals surface area (Å²) in [6, 6.07) is 3.45. The Labute approximate surface area is 163 Å².